The first-order valence-corrected chi connectivity index (χ1v) is 8.73. The van der Waals surface area contributed by atoms with Crippen LogP contribution in [0.4, 0.5) is 0 Å². The molecule has 1 atom stereocenters. The summed E-state index contributed by atoms with van der Waals surface area (Å²) >= 11 is 0. The standard InChI is InChI=1S/C19H28N2O3/c1-15(22)17-7-3-8-18(12-17)24-11-5-9-19(23)20-13-16-6-4-10-21(2)14-16/h3,7-8,12,16H,4-6,9-11,13-14H2,1-2H3,(H,20,23)/t16-/m1/s1. The molecule has 1 aromatic rings. The van der Waals surface area contributed by atoms with Crippen LogP contribution in [0.5, 0.6) is 5.75 Å². The van der Waals surface area contributed by atoms with Crippen LogP contribution in [0.3, 0.4) is 0 Å². The van der Waals surface area contributed by atoms with E-state index >= 15 is 0 Å². The number of nitrogens with zero attached hydrogens (tertiary/aromatic N) is 1. The second-order valence-electron chi connectivity index (χ2n) is 6.61. The molecule has 0 spiro atoms. The van der Waals surface area contributed by atoms with E-state index in [2.05, 4.69) is 17.3 Å². The van der Waals surface area contributed by atoms with Crippen LogP contribution in [0.1, 0.15) is 43.0 Å². The summed E-state index contributed by atoms with van der Waals surface area (Å²) in [6.07, 6.45) is 3.54. The van der Waals surface area contributed by atoms with E-state index in [-0.39, 0.29) is 11.7 Å². The summed E-state index contributed by atoms with van der Waals surface area (Å²) in [6.45, 7) is 5.00. The highest BCUT2D eigenvalue weighted by Gasteiger charge is 2.17. The van der Waals surface area contributed by atoms with Crippen LogP contribution in [0.25, 0.3) is 0 Å². The van der Waals surface area contributed by atoms with E-state index in [1.807, 2.05) is 6.07 Å². The van der Waals surface area contributed by atoms with Crippen LogP contribution in [-0.4, -0.2) is 49.9 Å². The summed E-state index contributed by atoms with van der Waals surface area (Å²) in [5.74, 6) is 1.35. The molecule has 0 radical (unpaired) electrons. The Kier molecular flexibility index (Phi) is 7.25. The van der Waals surface area contributed by atoms with Gasteiger partial charge in [0.2, 0.25) is 5.91 Å². The van der Waals surface area contributed by atoms with Crippen LogP contribution in [0, 0.1) is 5.92 Å². The predicted molar refractivity (Wildman–Crippen MR) is 94.4 cm³/mol. The SMILES string of the molecule is CC(=O)c1cccc(OCCCC(=O)NC[C@H]2CCCN(C)C2)c1. The van der Waals surface area contributed by atoms with E-state index < -0.39 is 0 Å². The number of hydrogen-bond acceptors (Lipinski definition) is 4. The number of hydrogen-bond donors (Lipinski definition) is 1. The predicted octanol–water partition coefficient (Wildman–Crippen LogP) is 2.51. The van der Waals surface area contributed by atoms with Gasteiger partial charge in [-0.05, 0) is 57.8 Å². The van der Waals surface area contributed by atoms with Crippen LogP contribution in [0.15, 0.2) is 24.3 Å². The van der Waals surface area contributed by atoms with Crippen LogP contribution in [-0.2, 0) is 4.79 Å². The zero-order valence-corrected chi connectivity index (χ0v) is 14.7. The second-order valence-corrected chi connectivity index (χ2v) is 6.61. The van der Waals surface area contributed by atoms with Gasteiger partial charge in [0.25, 0.3) is 0 Å². The summed E-state index contributed by atoms with van der Waals surface area (Å²) in [5, 5.41) is 3.03. The smallest absolute Gasteiger partial charge is 0.220 e. The van der Waals surface area contributed by atoms with Gasteiger partial charge < -0.3 is 15.0 Å². The lowest BCUT2D eigenvalue weighted by atomic mass is 9.98. The minimum absolute atomic E-state index is 0.0215. The maximum absolute atomic E-state index is 11.9. The van der Waals surface area contributed by atoms with Crippen molar-refractivity contribution in [3.8, 4) is 5.75 Å². The highest BCUT2D eigenvalue weighted by molar-refractivity contribution is 5.94. The maximum atomic E-state index is 11.9. The fourth-order valence-electron chi connectivity index (χ4n) is 3.01. The van der Waals surface area contributed by atoms with Gasteiger partial charge in [-0.25, -0.2) is 0 Å². The van der Waals surface area contributed by atoms with E-state index in [1.54, 1.807) is 18.2 Å². The molecule has 0 saturated carbocycles. The Bertz CT molecular complexity index is 559. The van der Waals surface area contributed by atoms with E-state index in [0.29, 0.717) is 36.7 Å². The summed E-state index contributed by atoms with van der Waals surface area (Å²) < 4.78 is 5.62. The zero-order chi connectivity index (χ0) is 17.4. The molecule has 24 heavy (non-hydrogen) atoms. The van der Waals surface area contributed by atoms with Crippen molar-refractivity contribution in [1.82, 2.24) is 10.2 Å². The molecule has 1 amide bonds. The average Bonchev–Trinajstić information content (AvgIpc) is 2.57. The van der Waals surface area contributed by atoms with Gasteiger partial charge in [0.15, 0.2) is 5.78 Å². The number of piperidine rings is 1. The van der Waals surface area contributed by atoms with Crippen LogP contribution in [0.2, 0.25) is 0 Å². The monoisotopic (exact) mass is 332 g/mol. The topological polar surface area (TPSA) is 58.6 Å². The number of benzene rings is 1. The lowest BCUT2D eigenvalue weighted by Crippen LogP contribution is -2.39. The van der Waals surface area contributed by atoms with Crippen molar-refractivity contribution < 1.29 is 14.3 Å². The van der Waals surface area contributed by atoms with Crippen LogP contribution >= 0.6 is 0 Å². The van der Waals surface area contributed by atoms with Gasteiger partial charge in [-0.15, -0.1) is 0 Å². The average molecular weight is 332 g/mol. The molecule has 0 aromatic heterocycles. The summed E-state index contributed by atoms with van der Waals surface area (Å²) in [6, 6.07) is 7.14. The van der Waals surface area contributed by atoms with Gasteiger partial charge in [0, 0.05) is 25.1 Å². The van der Waals surface area contributed by atoms with Gasteiger partial charge in [0.1, 0.15) is 5.75 Å². The fourth-order valence-corrected chi connectivity index (χ4v) is 3.01. The van der Waals surface area contributed by atoms with E-state index in [4.69, 9.17) is 4.74 Å². The molecule has 1 heterocycles. The van der Waals surface area contributed by atoms with Crippen molar-refractivity contribution in [2.45, 2.75) is 32.6 Å². The number of nitrogens with one attached hydrogen (secondary N) is 1. The molecule has 1 aliphatic rings. The summed E-state index contributed by atoms with van der Waals surface area (Å²) in [7, 11) is 2.13. The molecule has 5 nitrogen and oxygen atoms in total. The minimum Gasteiger partial charge on any atom is -0.494 e. The molecule has 0 unspecified atom stereocenters. The molecule has 1 aliphatic heterocycles. The number of ketones is 1. The Morgan fingerprint density at radius 2 is 2.21 bits per heavy atom. The quantitative estimate of drug-likeness (QED) is 0.587. The highest BCUT2D eigenvalue weighted by Crippen LogP contribution is 2.15. The van der Waals surface area contributed by atoms with Gasteiger partial charge in [0.05, 0.1) is 6.61 Å². The highest BCUT2D eigenvalue weighted by atomic mass is 16.5. The largest absolute Gasteiger partial charge is 0.494 e. The Labute approximate surface area is 144 Å². The van der Waals surface area contributed by atoms with Crippen molar-refractivity contribution in [3.05, 3.63) is 29.8 Å². The molecule has 1 aromatic carbocycles. The minimum atomic E-state index is 0.0215. The number of amides is 1. The molecule has 0 aliphatic carbocycles. The molecule has 2 rings (SSSR count). The Morgan fingerprint density at radius 1 is 1.38 bits per heavy atom. The van der Waals surface area contributed by atoms with E-state index in [9.17, 15) is 9.59 Å². The first kappa shape index (κ1) is 18.5. The van der Waals surface area contributed by atoms with Crippen molar-refractivity contribution in [2.24, 2.45) is 5.92 Å². The maximum Gasteiger partial charge on any atom is 0.220 e. The number of rotatable bonds is 8. The van der Waals surface area contributed by atoms with Crippen molar-refractivity contribution in [2.75, 3.05) is 33.3 Å². The van der Waals surface area contributed by atoms with Gasteiger partial charge >= 0.3 is 0 Å². The third-order valence-corrected chi connectivity index (χ3v) is 4.37. The summed E-state index contributed by atoms with van der Waals surface area (Å²) in [5.41, 5.74) is 0.641. The number of carbonyl (C=O) groups excluding carboxylic acids is 2. The van der Waals surface area contributed by atoms with Crippen molar-refractivity contribution >= 4 is 11.7 Å². The Hall–Kier alpha value is -1.88. The third kappa shape index (κ3) is 6.32. The molecule has 5 heteroatoms. The number of ether oxygens (including phenoxy) is 1. The second kappa shape index (κ2) is 9.42. The lowest BCUT2D eigenvalue weighted by Gasteiger charge is -2.29. The molecule has 1 N–H and O–H groups in total. The Morgan fingerprint density at radius 3 is 2.96 bits per heavy atom. The summed E-state index contributed by atoms with van der Waals surface area (Å²) in [4.78, 5) is 25.5. The van der Waals surface area contributed by atoms with E-state index in [1.165, 1.54) is 19.8 Å². The van der Waals surface area contributed by atoms with E-state index in [0.717, 1.165) is 19.6 Å². The number of Topliss-reactive ketones (excluding diaryl/α,β-unsaturated/α-hetero) is 1. The molecule has 1 saturated heterocycles. The zero-order valence-electron chi connectivity index (χ0n) is 14.7. The first-order valence-electron chi connectivity index (χ1n) is 8.73. The normalized spacial score (nSPS) is 18.2. The molecular weight excluding hydrogens is 304 g/mol. The molecule has 0 bridgehead atoms. The van der Waals surface area contributed by atoms with Crippen molar-refractivity contribution in [3.63, 3.8) is 0 Å². The Balaban J connectivity index is 1.60. The fraction of sp³-hybridized carbons (Fsp3) is 0.579. The lowest BCUT2D eigenvalue weighted by molar-refractivity contribution is -0.121. The third-order valence-electron chi connectivity index (χ3n) is 4.37. The first-order chi connectivity index (χ1) is 11.5. The number of carbonyl (C=O) groups is 2. The van der Waals surface area contributed by atoms with Crippen molar-refractivity contribution in [1.29, 1.82) is 0 Å². The molecular formula is C19H28N2O3. The van der Waals surface area contributed by atoms with Gasteiger partial charge in [-0.1, -0.05) is 12.1 Å². The van der Waals surface area contributed by atoms with Gasteiger partial charge in [-0.2, -0.15) is 0 Å². The number of likely N-dealkylation sites (tertiary alicyclic amines) is 1. The van der Waals surface area contributed by atoms with Crippen LogP contribution < -0.4 is 10.1 Å². The molecule has 1 fully saturated rings. The molecule has 132 valence electrons. The van der Waals surface area contributed by atoms with Gasteiger partial charge in [-0.3, -0.25) is 9.59 Å².